The number of pyridine rings is 1. The summed E-state index contributed by atoms with van der Waals surface area (Å²) in [5, 5.41) is 6.94. The Kier molecular flexibility index (Phi) is 8.98. The van der Waals surface area contributed by atoms with E-state index in [1.807, 2.05) is 19.2 Å². The molecule has 0 spiro atoms. The van der Waals surface area contributed by atoms with E-state index in [4.69, 9.17) is 4.74 Å². The van der Waals surface area contributed by atoms with Gasteiger partial charge in [-0.05, 0) is 30.5 Å². The van der Waals surface area contributed by atoms with Crippen molar-refractivity contribution in [3.8, 4) is 5.88 Å². The largest absolute Gasteiger partial charge is 0.481 e. The summed E-state index contributed by atoms with van der Waals surface area (Å²) in [4.78, 5) is 11.0. The molecule has 7 heteroatoms. The molecule has 2 heterocycles. The number of likely N-dealkylation sites (tertiary alicyclic amines) is 1. The van der Waals surface area contributed by atoms with E-state index in [1.165, 1.54) is 5.56 Å². The van der Waals surface area contributed by atoms with Crippen LogP contribution in [0.5, 0.6) is 5.88 Å². The number of ether oxygens (including phenoxy) is 1. The Hall–Kier alpha value is -1.87. The molecule has 1 saturated heterocycles. The number of aliphatic imine (C=N–C) groups is 1. The number of hydrogen-bond donors (Lipinski definition) is 2. The molecule has 2 unspecified atom stereocenters. The molecular weight excluding hydrogens is 465 g/mol. The van der Waals surface area contributed by atoms with Crippen LogP contribution in [0.15, 0.2) is 53.7 Å². The minimum absolute atomic E-state index is 0. The maximum Gasteiger partial charge on any atom is 0.213 e. The number of nitrogens with one attached hydrogen (secondary N) is 2. The van der Waals surface area contributed by atoms with Crippen LogP contribution in [0.1, 0.15) is 24.5 Å². The van der Waals surface area contributed by atoms with Gasteiger partial charge in [-0.25, -0.2) is 4.98 Å². The third kappa shape index (κ3) is 6.34. The molecule has 28 heavy (non-hydrogen) atoms. The van der Waals surface area contributed by atoms with Gasteiger partial charge < -0.3 is 15.4 Å². The Bertz CT molecular complexity index is 755. The number of methoxy groups -OCH3 is 1. The van der Waals surface area contributed by atoms with Gasteiger partial charge >= 0.3 is 0 Å². The van der Waals surface area contributed by atoms with Crippen LogP contribution in [0, 0.1) is 0 Å². The number of rotatable bonds is 6. The van der Waals surface area contributed by atoms with Crippen LogP contribution in [0.25, 0.3) is 0 Å². The quantitative estimate of drug-likeness (QED) is 0.367. The van der Waals surface area contributed by atoms with Crippen LogP contribution in [-0.2, 0) is 13.1 Å². The third-order valence-corrected chi connectivity index (χ3v) is 4.97. The lowest BCUT2D eigenvalue weighted by Gasteiger charge is -2.21. The van der Waals surface area contributed by atoms with E-state index in [1.54, 1.807) is 13.3 Å². The fraction of sp³-hybridized carbons (Fsp3) is 0.429. The fourth-order valence-electron chi connectivity index (χ4n) is 3.49. The lowest BCUT2D eigenvalue weighted by Crippen LogP contribution is -2.44. The van der Waals surface area contributed by atoms with E-state index in [0.29, 0.717) is 24.5 Å². The highest BCUT2D eigenvalue weighted by Gasteiger charge is 2.29. The van der Waals surface area contributed by atoms with Crippen molar-refractivity contribution in [1.82, 2.24) is 20.5 Å². The Labute approximate surface area is 184 Å². The van der Waals surface area contributed by atoms with E-state index >= 15 is 0 Å². The fourth-order valence-corrected chi connectivity index (χ4v) is 3.49. The second kappa shape index (κ2) is 11.2. The van der Waals surface area contributed by atoms with E-state index in [9.17, 15) is 0 Å². The van der Waals surface area contributed by atoms with Crippen molar-refractivity contribution in [3.05, 3.63) is 59.8 Å². The van der Waals surface area contributed by atoms with Crippen molar-refractivity contribution in [2.24, 2.45) is 4.99 Å². The molecule has 1 aliphatic heterocycles. The maximum absolute atomic E-state index is 5.18. The van der Waals surface area contributed by atoms with E-state index in [-0.39, 0.29) is 24.0 Å². The lowest BCUT2D eigenvalue weighted by atomic mass is 10.2. The summed E-state index contributed by atoms with van der Waals surface area (Å²) in [6, 6.07) is 15.5. The Balaban J connectivity index is 0.00000280. The first-order valence-electron chi connectivity index (χ1n) is 9.42. The van der Waals surface area contributed by atoms with Gasteiger partial charge in [0, 0.05) is 51.0 Å². The lowest BCUT2D eigenvalue weighted by molar-refractivity contribution is 0.258. The van der Waals surface area contributed by atoms with Crippen LogP contribution >= 0.6 is 24.0 Å². The smallest absolute Gasteiger partial charge is 0.213 e. The van der Waals surface area contributed by atoms with Crippen molar-refractivity contribution < 1.29 is 4.74 Å². The van der Waals surface area contributed by atoms with Gasteiger partial charge in [-0.2, -0.15) is 0 Å². The van der Waals surface area contributed by atoms with Crippen LogP contribution in [0.4, 0.5) is 0 Å². The third-order valence-electron chi connectivity index (χ3n) is 4.97. The van der Waals surface area contributed by atoms with E-state index in [2.05, 4.69) is 62.8 Å². The molecule has 2 atom stereocenters. The predicted molar refractivity (Wildman–Crippen MR) is 124 cm³/mol. The molecule has 0 amide bonds. The van der Waals surface area contributed by atoms with E-state index < -0.39 is 0 Å². The van der Waals surface area contributed by atoms with E-state index in [0.717, 1.165) is 31.0 Å². The number of hydrogen-bond acceptors (Lipinski definition) is 4. The molecule has 6 nitrogen and oxygen atoms in total. The van der Waals surface area contributed by atoms with Crippen molar-refractivity contribution in [3.63, 3.8) is 0 Å². The highest BCUT2D eigenvalue weighted by Crippen LogP contribution is 2.20. The summed E-state index contributed by atoms with van der Waals surface area (Å²) in [6.45, 7) is 4.97. The minimum atomic E-state index is 0. The topological polar surface area (TPSA) is 61.8 Å². The van der Waals surface area contributed by atoms with Gasteiger partial charge in [0.15, 0.2) is 5.96 Å². The molecule has 1 aliphatic rings. The van der Waals surface area contributed by atoms with Crippen molar-refractivity contribution in [2.75, 3.05) is 20.7 Å². The number of halogens is 1. The molecule has 1 aromatic heterocycles. The van der Waals surface area contributed by atoms with Gasteiger partial charge in [-0.1, -0.05) is 30.3 Å². The van der Waals surface area contributed by atoms with Gasteiger partial charge in [0.25, 0.3) is 0 Å². The molecule has 2 N–H and O–H groups in total. The number of aromatic nitrogens is 1. The average molecular weight is 495 g/mol. The Morgan fingerprint density at radius 2 is 2.04 bits per heavy atom. The Morgan fingerprint density at radius 1 is 1.25 bits per heavy atom. The summed E-state index contributed by atoms with van der Waals surface area (Å²) in [5.74, 6) is 1.45. The van der Waals surface area contributed by atoms with Gasteiger partial charge in [0.2, 0.25) is 5.88 Å². The molecule has 2 aromatic rings. The first-order chi connectivity index (χ1) is 13.2. The molecule has 1 aromatic carbocycles. The zero-order chi connectivity index (χ0) is 19.1. The summed E-state index contributed by atoms with van der Waals surface area (Å²) in [6.07, 6.45) is 2.86. The first kappa shape index (κ1) is 22.4. The molecule has 0 bridgehead atoms. The highest BCUT2D eigenvalue weighted by atomic mass is 127. The zero-order valence-electron chi connectivity index (χ0n) is 16.8. The normalized spacial score (nSPS) is 19.8. The van der Waals surface area contributed by atoms with Gasteiger partial charge in [-0.3, -0.25) is 9.89 Å². The van der Waals surface area contributed by atoms with Crippen molar-refractivity contribution >= 4 is 29.9 Å². The Morgan fingerprint density at radius 3 is 2.75 bits per heavy atom. The predicted octanol–water partition coefficient (Wildman–Crippen LogP) is 3.04. The molecule has 152 valence electrons. The second-order valence-corrected chi connectivity index (χ2v) is 6.97. The summed E-state index contributed by atoms with van der Waals surface area (Å²) in [7, 11) is 3.44. The zero-order valence-corrected chi connectivity index (χ0v) is 19.1. The monoisotopic (exact) mass is 495 g/mol. The summed E-state index contributed by atoms with van der Waals surface area (Å²) >= 11 is 0. The van der Waals surface area contributed by atoms with Gasteiger partial charge in [0.1, 0.15) is 0 Å². The molecule has 0 saturated carbocycles. The average Bonchev–Trinajstić information content (AvgIpc) is 3.05. The SMILES string of the molecule is CN=C(NCc1ccnc(OC)c1)NC1CC(C)N(Cc2ccccc2)C1.I. The van der Waals surface area contributed by atoms with Crippen molar-refractivity contribution in [2.45, 2.75) is 38.5 Å². The second-order valence-electron chi connectivity index (χ2n) is 6.97. The maximum atomic E-state index is 5.18. The highest BCUT2D eigenvalue weighted by molar-refractivity contribution is 14.0. The van der Waals surface area contributed by atoms with Crippen LogP contribution < -0.4 is 15.4 Å². The van der Waals surface area contributed by atoms with Crippen LogP contribution in [-0.4, -0.2) is 48.6 Å². The molecule has 0 radical (unpaired) electrons. The molecular formula is C21H30IN5O. The number of guanidine groups is 1. The summed E-state index contributed by atoms with van der Waals surface area (Å²) < 4.78 is 5.18. The van der Waals surface area contributed by atoms with Gasteiger partial charge in [-0.15, -0.1) is 24.0 Å². The molecule has 3 rings (SSSR count). The van der Waals surface area contributed by atoms with Gasteiger partial charge in [0.05, 0.1) is 7.11 Å². The number of benzene rings is 1. The minimum Gasteiger partial charge on any atom is -0.481 e. The first-order valence-corrected chi connectivity index (χ1v) is 9.42. The van der Waals surface area contributed by atoms with Crippen LogP contribution in [0.2, 0.25) is 0 Å². The molecule has 0 aliphatic carbocycles. The number of nitrogens with zero attached hydrogens (tertiary/aromatic N) is 3. The van der Waals surface area contributed by atoms with Crippen LogP contribution in [0.3, 0.4) is 0 Å². The molecule has 1 fully saturated rings. The van der Waals surface area contributed by atoms with Crippen molar-refractivity contribution in [1.29, 1.82) is 0 Å². The summed E-state index contributed by atoms with van der Waals surface area (Å²) in [5.41, 5.74) is 2.47. The standard InChI is InChI=1S/C21H29N5O.HI/c1-16-11-19(15-26(16)14-17-7-5-4-6-8-17)25-21(22-2)24-13-18-9-10-23-20(12-18)27-3;/h4-10,12,16,19H,11,13-15H2,1-3H3,(H2,22,24,25);1H.